The number of carboxylic acid groups (broad SMARTS) is 1. The Bertz CT molecular complexity index is 1200. The second-order valence-electron chi connectivity index (χ2n) is 8.27. The number of rotatable bonds is 9. The maximum absolute atomic E-state index is 12.5. The van der Waals surface area contributed by atoms with Crippen LogP contribution < -0.4 is 16.4 Å². The number of nitrogens with two attached hydrogens (primary N) is 1. The summed E-state index contributed by atoms with van der Waals surface area (Å²) in [7, 11) is 0. The number of carbonyl (C=O) groups is 2. The van der Waals surface area contributed by atoms with Gasteiger partial charge in [-0.05, 0) is 18.2 Å². The Kier molecular flexibility index (Phi) is 7.19. The van der Waals surface area contributed by atoms with Crippen LogP contribution in [0, 0.1) is 5.41 Å². The molecule has 178 valence electrons. The van der Waals surface area contributed by atoms with Gasteiger partial charge in [-0.3, -0.25) is 19.9 Å². The van der Waals surface area contributed by atoms with Crippen LogP contribution in [0.4, 0.5) is 0 Å². The van der Waals surface area contributed by atoms with Crippen molar-refractivity contribution in [1.29, 1.82) is 5.41 Å². The van der Waals surface area contributed by atoms with Gasteiger partial charge in [0.25, 0.3) is 5.91 Å². The fourth-order valence-electron chi connectivity index (χ4n) is 4.08. The molecule has 0 spiro atoms. The van der Waals surface area contributed by atoms with Crippen molar-refractivity contribution in [1.82, 2.24) is 25.1 Å². The molecule has 0 unspecified atom stereocenters. The first kappa shape index (κ1) is 23.4. The highest BCUT2D eigenvalue weighted by Gasteiger charge is 2.17. The summed E-state index contributed by atoms with van der Waals surface area (Å²) in [4.78, 5) is 30.5. The van der Waals surface area contributed by atoms with E-state index in [0.717, 1.165) is 56.2 Å². The molecule has 0 aliphatic carbocycles. The number of benzene rings is 2. The van der Waals surface area contributed by atoms with Gasteiger partial charge in [-0.1, -0.05) is 24.3 Å². The first-order valence-corrected chi connectivity index (χ1v) is 11.3. The SMILES string of the molecule is N=C(N)c1ccc(-c2nc3cc(C(=O)NCCC(=O)O)ccc3n2CCN2CCNCC2)cc1. The van der Waals surface area contributed by atoms with Gasteiger partial charge in [0.05, 0.1) is 17.5 Å². The molecule has 3 aromatic rings. The third-order valence-electron chi connectivity index (χ3n) is 5.94. The molecule has 1 amide bonds. The summed E-state index contributed by atoms with van der Waals surface area (Å²) >= 11 is 0. The van der Waals surface area contributed by atoms with E-state index in [2.05, 4.69) is 20.1 Å². The summed E-state index contributed by atoms with van der Waals surface area (Å²) in [5, 5.41) is 22.4. The van der Waals surface area contributed by atoms with Gasteiger partial charge in [-0.25, -0.2) is 4.98 Å². The van der Waals surface area contributed by atoms with Gasteiger partial charge < -0.3 is 26.0 Å². The predicted octanol–water partition coefficient (Wildman–Crippen LogP) is 1.10. The Balaban J connectivity index is 1.65. The largest absolute Gasteiger partial charge is 0.481 e. The highest BCUT2D eigenvalue weighted by Crippen LogP contribution is 2.26. The van der Waals surface area contributed by atoms with Crippen molar-refractivity contribution in [3.8, 4) is 11.4 Å². The van der Waals surface area contributed by atoms with Crippen LogP contribution in [0.2, 0.25) is 0 Å². The number of imidazole rings is 1. The Morgan fingerprint density at radius 2 is 1.79 bits per heavy atom. The number of aromatic nitrogens is 2. The first-order chi connectivity index (χ1) is 16.4. The van der Waals surface area contributed by atoms with Crippen molar-refractivity contribution >= 4 is 28.7 Å². The van der Waals surface area contributed by atoms with Gasteiger partial charge in [0.2, 0.25) is 0 Å². The molecule has 0 radical (unpaired) electrons. The molecule has 34 heavy (non-hydrogen) atoms. The molecular weight excluding hydrogens is 434 g/mol. The summed E-state index contributed by atoms with van der Waals surface area (Å²) in [6, 6.07) is 12.8. The molecule has 4 rings (SSSR count). The van der Waals surface area contributed by atoms with Crippen LogP contribution in [0.25, 0.3) is 22.4 Å². The third-order valence-corrected chi connectivity index (χ3v) is 5.94. The van der Waals surface area contributed by atoms with Crippen LogP contribution >= 0.6 is 0 Å². The van der Waals surface area contributed by atoms with Gasteiger partial charge in [0, 0.05) is 62.5 Å². The molecule has 1 aliphatic rings. The first-order valence-electron chi connectivity index (χ1n) is 11.3. The number of carbonyl (C=O) groups excluding carboxylic acids is 1. The van der Waals surface area contributed by atoms with E-state index in [1.165, 1.54) is 0 Å². The zero-order valence-corrected chi connectivity index (χ0v) is 18.9. The summed E-state index contributed by atoms with van der Waals surface area (Å²) in [6.45, 7) is 5.63. The highest BCUT2D eigenvalue weighted by atomic mass is 16.4. The van der Waals surface area contributed by atoms with E-state index < -0.39 is 5.97 Å². The van der Waals surface area contributed by atoms with Crippen LogP contribution in [0.1, 0.15) is 22.3 Å². The van der Waals surface area contributed by atoms with Crippen LogP contribution in [0.3, 0.4) is 0 Å². The molecule has 1 aromatic heterocycles. The van der Waals surface area contributed by atoms with E-state index in [1.807, 2.05) is 18.2 Å². The van der Waals surface area contributed by atoms with Gasteiger partial charge >= 0.3 is 5.97 Å². The van der Waals surface area contributed by atoms with Crippen molar-refractivity contribution < 1.29 is 14.7 Å². The third kappa shape index (κ3) is 5.41. The van der Waals surface area contributed by atoms with Gasteiger partial charge in [-0.15, -0.1) is 0 Å². The number of nitrogens with zero attached hydrogens (tertiary/aromatic N) is 3. The number of carboxylic acids is 1. The Morgan fingerprint density at radius 1 is 1.09 bits per heavy atom. The summed E-state index contributed by atoms with van der Waals surface area (Å²) in [5.74, 6) is -0.494. The number of piperazine rings is 1. The maximum atomic E-state index is 12.5. The van der Waals surface area contributed by atoms with E-state index in [-0.39, 0.29) is 24.7 Å². The molecule has 1 aliphatic heterocycles. The molecule has 1 fully saturated rings. The van der Waals surface area contributed by atoms with E-state index in [4.69, 9.17) is 21.2 Å². The van der Waals surface area contributed by atoms with Crippen LogP contribution in [0.15, 0.2) is 42.5 Å². The van der Waals surface area contributed by atoms with E-state index >= 15 is 0 Å². The van der Waals surface area contributed by atoms with Crippen molar-refractivity contribution in [2.45, 2.75) is 13.0 Å². The molecule has 0 saturated carbocycles. The number of hydrogen-bond acceptors (Lipinski definition) is 6. The number of aliphatic carboxylic acids is 1. The number of nitrogens with one attached hydrogen (secondary N) is 3. The lowest BCUT2D eigenvalue weighted by molar-refractivity contribution is -0.136. The fourth-order valence-corrected chi connectivity index (χ4v) is 4.08. The van der Waals surface area contributed by atoms with Crippen molar-refractivity contribution in [2.75, 3.05) is 39.3 Å². The zero-order chi connectivity index (χ0) is 24.1. The number of nitrogen functional groups attached to an aromatic ring is 1. The summed E-state index contributed by atoms with van der Waals surface area (Å²) in [5.41, 5.74) is 9.19. The monoisotopic (exact) mass is 463 g/mol. The summed E-state index contributed by atoms with van der Waals surface area (Å²) < 4.78 is 2.16. The minimum absolute atomic E-state index is 0.0114. The lowest BCUT2D eigenvalue weighted by Crippen LogP contribution is -2.44. The topological polar surface area (TPSA) is 149 Å². The quantitative estimate of drug-likeness (QED) is 0.236. The normalized spacial score (nSPS) is 14.2. The Labute approximate surface area is 197 Å². The van der Waals surface area contributed by atoms with Gasteiger partial charge in [-0.2, -0.15) is 0 Å². The number of amidine groups is 1. The minimum atomic E-state index is -0.959. The smallest absolute Gasteiger partial charge is 0.305 e. The van der Waals surface area contributed by atoms with Crippen molar-refractivity contribution in [3.63, 3.8) is 0 Å². The molecule has 10 nitrogen and oxygen atoms in total. The Hall–Kier alpha value is -3.76. The second-order valence-corrected chi connectivity index (χ2v) is 8.27. The molecule has 6 N–H and O–H groups in total. The zero-order valence-electron chi connectivity index (χ0n) is 18.9. The molecule has 0 atom stereocenters. The molecule has 2 aromatic carbocycles. The average Bonchev–Trinajstić information content (AvgIpc) is 3.21. The van der Waals surface area contributed by atoms with Crippen LogP contribution in [-0.2, 0) is 11.3 Å². The molecule has 10 heteroatoms. The number of amides is 1. The van der Waals surface area contributed by atoms with Gasteiger partial charge in [0.1, 0.15) is 11.7 Å². The van der Waals surface area contributed by atoms with Gasteiger partial charge in [0.15, 0.2) is 0 Å². The second kappa shape index (κ2) is 10.4. The van der Waals surface area contributed by atoms with Crippen LogP contribution in [-0.4, -0.2) is 76.5 Å². The fraction of sp³-hybridized carbons (Fsp3) is 0.333. The van der Waals surface area contributed by atoms with E-state index in [1.54, 1.807) is 24.3 Å². The van der Waals surface area contributed by atoms with Crippen molar-refractivity contribution in [2.24, 2.45) is 5.73 Å². The maximum Gasteiger partial charge on any atom is 0.305 e. The lowest BCUT2D eigenvalue weighted by atomic mass is 10.1. The molecule has 0 bridgehead atoms. The lowest BCUT2D eigenvalue weighted by Gasteiger charge is -2.27. The summed E-state index contributed by atoms with van der Waals surface area (Å²) in [6.07, 6.45) is -0.130. The van der Waals surface area contributed by atoms with Crippen LogP contribution in [0.5, 0.6) is 0 Å². The predicted molar refractivity (Wildman–Crippen MR) is 130 cm³/mol. The molecule has 2 heterocycles. The number of fused-ring (bicyclic) bond motifs is 1. The highest BCUT2D eigenvalue weighted by molar-refractivity contribution is 5.98. The van der Waals surface area contributed by atoms with E-state index in [9.17, 15) is 9.59 Å². The number of hydrogen-bond donors (Lipinski definition) is 5. The molecule has 1 saturated heterocycles. The Morgan fingerprint density at radius 3 is 2.47 bits per heavy atom. The average molecular weight is 464 g/mol. The van der Waals surface area contributed by atoms with E-state index in [0.29, 0.717) is 16.6 Å². The molecular formula is C24H29N7O3. The minimum Gasteiger partial charge on any atom is -0.481 e. The van der Waals surface area contributed by atoms with Crippen molar-refractivity contribution in [3.05, 3.63) is 53.6 Å². The standard InChI is InChI=1S/C24H29N7O3/c25-22(26)16-1-3-17(4-2-16)23-29-19-15-18(24(34)28-8-7-21(32)33)5-6-20(19)31(23)14-13-30-11-9-27-10-12-30/h1-6,15,27H,7-14H2,(H3,25,26)(H,28,34)(H,32,33).